The highest BCUT2D eigenvalue weighted by Gasteiger charge is 2.10. The van der Waals surface area contributed by atoms with Gasteiger partial charge in [-0.3, -0.25) is 4.79 Å². The van der Waals surface area contributed by atoms with Crippen LogP contribution in [-0.2, 0) is 19.5 Å². The van der Waals surface area contributed by atoms with Gasteiger partial charge in [0.2, 0.25) is 0 Å². The molecule has 0 aliphatic carbocycles. The van der Waals surface area contributed by atoms with Crippen molar-refractivity contribution in [1.29, 1.82) is 0 Å². The monoisotopic (exact) mass is 288 g/mol. The number of aromatic nitrogens is 4. The van der Waals surface area contributed by atoms with Crippen LogP contribution in [-0.4, -0.2) is 32.7 Å². The molecule has 7 heteroatoms. The Bertz CT molecular complexity index is 599. The lowest BCUT2D eigenvalue weighted by Gasteiger charge is -2.09. The van der Waals surface area contributed by atoms with Crippen LogP contribution in [0.2, 0.25) is 0 Å². The Kier molecular flexibility index (Phi) is 4.86. The van der Waals surface area contributed by atoms with Gasteiger partial charge in [-0.15, -0.1) is 10.2 Å². The number of nitrogens with zero attached hydrogens (tertiary/aromatic N) is 4. The summed E-state index contributed by atoms with van der Waals surface area (Å²) in [6.07, 6.45) is 2.43. The van der Waals surface area contributed by atoms with Gasteiger partial charge in [-0.25, -0.2) is 4.98 Å². The molecule has 0 aliphatic rings. The van der Waals surface area contributed by atoms with Gasteiger partial charge >= 0.3 is 0 Å². The Morgan fingerprint density at radius 3 is 2.81 bits per heavy atom. The number of aryl methyl sites for hydroxylation is 2. The predicted molar refractivity (Wildman–Crippen MR) is 80.0 cm³/mol. The number of pyridine rings is 1. The first-order chi connectivity index (χ1) is 10.2. The molecule has 112 valence electrons. The molecule has 21 heavy (non-hydrogen) atoms. The van der Waals surface area contributed by atoms with Crippen molar-refractivity contribution < 1.29 is 4.79 Å². The van der Waals surface area contributed by atoms with Gasteiger partial charge in [0.05, 0.1) is 6.54 Å². The second-order valence-corrected chi connectivity index (χ2v) is 4.55. The minimum atomic E-state index is -0.144. The maximum Gasteiger partial charge on any atom is 0.251 e. The molecular weight excluding hydrogens is 268 g/mol. The number of carbonyl (C=O) groups is 1. The molecule has 0 unspecified atom stereocenters. The summed E-state index contributed by atoms with van der Waals surface area (Å²) in [5, 5.41) is 13.7. The van der Waals surface area contributed by atoms with Gasteiger partial charge in [-0.2, -0.15) is 0 Å². The lowest BCUT2D eigenvalue weighted by molar-refractivity contribution is 0.0949. The van der Waals surface area contributed by atoms with Crippen LogP contribution < -0.4 is 10.6 Å². The van der Waals surface area contributed by atoms with Gasteiger partial charge in [0, 0.05) is 24.8 Å². The highest BCUT2D eigenvalue weighted by Crippen LogP contribution is 2.11. The van der Waals surface area contributed by atoms with Crippen LogP contribution >= 0.6 is 0 Å². The van der Waals surface area contributed by atoms with Crippen LogP contribution in [0.4, 0.5) is 5.82 Å². The Hall–Kier alpha value is -2.44. The Morgan fingerprint density at radius 2 is 2.14 bits per heavy atom. The van der Waals surface area contributed by atoms with Gasteiger partial charge in [-0.1, -0.05) is 6.92 Å². The molecule has 0 fully saturated rings. The molecule has 0 aliphatic heterocycles. The summed E-state index contributed by atoms with van der Waals surface area (Å²) in [5.41, 5.74) is 1.47. The number of nitrogens with one attached hydrogen (secondary N) is 2. The molecule has 0 radical (unpaired) electrons. The van der Waals surface area contributed by atoms with Crippen LogP contribution in [0.5, 0.6) is 0 Å². The lowest BCUT2D eigenvalue weighted by Crippen LogP contribution is -2.25. The Morgan fingerprint density at radius 1 is 1.33 bits per heavy atom. The molecule has 0 aromatic carbocycles. The predicted octanol–water partition coefficient (Wildman–Crippen LogP) is 1.23. The van der Waals surface area contributed by atoms with Gasteiger partial charge in [0.15, 0.2) is 5.82 Å². The van der Waals surface area contributed by atoms with E-state index in [0.717, 1.165) is 24.5 Å². The molecule has 0 atom stereocenters. The molecule has 0 spiro atoms. The standard InChI is InChI=1S/C14H20N6O/c1-4-11-6-10(7-12(15-3)18-11)14(21)16-8-13-19-17-9-20(13)5-2/h6-7,9H,4-5,8H2,1-3H3,(H,15,18)(H,16,21). The van der Waals surface area contributed by atoms with E-state index in [9.17, 15) is 4.79 Å². The van der Waals surface area contributed by atoms with Crippen LogP contribution in [0.15, 0.2) is 18.5 Å². The highest BCUT2D eigenvalue weighted by atomic mass is 16.1. The molecule has 0 bridgehead atoms. The number of anilines is 1. The zero-order valence-electron chi connectivity index (χ0n) is 12.6. The van der Waals surface area contributed by atoms with E-state index >= 15 is 0 Å². The summed E-state index contributed by atoms with van der Waals surface area (Å²) in [6.45, 7) is 5.14. The third-order valence-corrected chi connectivity index (χ3v) is 3.20. The summed E-state index contributed by atoms with van der Waals surface area (Å²) in [5.74, 6) is 1.29. The number of rotatable bonds is 6. The van der Waals surface area contributed by atoms with Gasteiger partial charge in [0.25, 0.3) is 5.91 Å². The molecular formula is C14H20N6O. The Balaban J connectivity index is 2.09. The zero-order chi connectivity index (χ0) is 15.2. The van der Waals surface area contributed by atoms with Crippen molar-refractivity contribution in [1.82, 2.24) is 25.1 Å². The molecule has 2 rings (SSSR count). The summed E-state index contributed by atoms with van der Waals surface area (Å²) < 4.78 is 1.89. The van der Waals surface area contributed by atoms with Crippen molar-refractivity contribution in [2.24, 2.45) is 0 Å². The van der Waals surface area contributed by atoms with Crippen molar-refractivity contribution >= 4 is 11.7 Å². The maximum atomic E-state index is 12.3. The second-order valence-electron chi connectivity index (χ2n) is 4.55. The van der Waals surface area contributed by atoms with Crippen LogP contribution in [0.1, 0.15) is 35.7 Å². The van der Waals surface area contributed by atoms with Crippen molar-refractivity contribution in [2.45, 2.75) is 33.4 Å². The van der Waals surface area contributed by atoms with Gasteiger partial charge < -0.3 is 15.2 Å². The normalized spacial score (nSPS) is 10.4. The minimum absolute atomic E-state index is 0.144. The smallest absolute Gasteiger partial charge is 0.251 e. The summed E-state index contributed by atoms with van der Waals surface area (Å²) >= 11 is 0. The maximum absolute atomic E-state index is 12.3. The molecule has 2 aromatic heterocycles. The molecule has 2 heterocycles. The first-order valence-corrected chi connectivity index (χ1v) is 7.01. The highest BCUT2D eigenvalue weighted by molar-refractivity contribution is 5.94. The minimum Gasteiger partial charge on any atom is -0.373 e. The fraction of sp³-hybridized carbons (Fsp3) is 0.429. The molecule has 0 saturated carbocycles. The average molecular weight is 288 g/mol. The number of carbonyl (C=O) groups excluding carboxylic acids is 1. The van der Waals surface area contributed by atoms with E-state index in [1.54, 1.807) is 25.5 Å². The van der Waals surface area contributed by atoms with E-state index in [0.29, 0.717) is 17.9 Å². The summed E-state index contributed by atoms with van der Waals surface area (Å²) in [6, 6.07) is 3.54. The van der Waals surface area contributed by atoms with Gasteiger partial charge in [0.1, 0.15) is 12.1 Å². The van der Waals surface area contributed by atoms with Gasteiger partial charge in [-0.05, 0) is 25.5 Å². The molecule has 2 N–H and O–H groups in total. The zero-order valence-corrected chi connectivity index (χ0v) is 12.6. The summed E-state index contributed by atoms with van der Waals surface area (Å²) in [7, 11) is 1.78. The van der Waals surface area contributed by atoms with E-state index in [1.807, 2.05) is 18.4 Å². The quantitative estimate of drug-likeness (QED) is 0.835. The lowest BCUT2D eigenvalue weighted by atomic mass is 10.2. The van der Waals surface area contributed by atoms with Crippen LogP contribution in [0.25, 0.3) is 0 Å². The van der Waals surface area contributed by atoms with Crippen molar-refractivity contribution in [3.05, 3.63) is 35.5 Å². The fourth-order valence-electron chi connectivity index (χ4n) is 1.97. The second kappa shape index (κ2) is 6.83. The van der Waals surface area contributed by atoms with Crippen molar-refractivity contribution in [3.8, 4) is 0 Å². The third-order valence-electron chi connectivity index (χ3n) is 3.20. The average Bonchev–Trinajstić information content (AvgIpc) is 2.99. The van der Waals surface area contributed by atoms with E-state index < -0.39 is 0 Å². The number of amides is 1. The van der Waals surface area contributed by atoms with Crippen molar-refractivity contribution in [2.75, 3.05) is 12.4 Å². The summed E-state index contributed by atoms with van der Waals surface area (Å²) in [4.78, 5) is 16.6. The molecule has 2 aromatic rings. The van der Waals surface area contributed by atoms with Crippen molar-refractivity contribution in [3.63, 3.8) is 0 Å². The number of hydrogen-bond donors (Lipinski definition) is 2. The van der Waals surface area contributed by atoms with E-state index in [2.05, 4.69) is 25.8 Å². The Labute approximate surface area is 123 Å². The number of hydrogen-bond acceptors (Lipinski definition) is 5. The molecule has 0 saturated heterocycles. The van der Waals surface area contributed by atoms with E-state index in [-0.39, 0.29) is 5.91 Å². The van der Waals surface area contributed by atoms with E-state index in [4.69, 9.17) is 0 Å². The topological polar surface area (TPSA) is 84.7 Å². The molecule has 1 amide bonds. The first kappa shape index (κ1) is 15.0. The third kappa shape index (κ3) is 3.56. The fourth-order valence-corrected chi connectivity index (χ4v) is 1.97. The first-order valence-electron chi connectivity index (χ1n) is 7.01. The largest absolute Gasteiger partial charge is 0.373 e. The van der Waals surface area contributed by atoms with E-state index in [1.165, 1.54) is 0 Å². The van der Waals surface area contributed by atoms with Crippen LogP contribution in [0, 0.1) is 0 Å². The molecule has 7 nitrogen and oxygen atoms in total. The SMILES string of the molecule is CCc1cc(C(=O)NCc2nncn2CC)cc(NC)n1. The van der Waals surface area contributed by atoms with Crippen LogP contribution in [0.3, 0.4) is 0 Å².